The molecule has 0 radical (unpaired) electrons. The highest BCUT2D eigenvalue weighted by molar-refractivity contribution is 7.10. The Kier molecular flexibility index (Phi) is 3.82. The number of rotatable bonds is 3. The van der Waals surface area contributed by atoms with E-state index in [1.165, 1.54) is 42.5 Å². The van der Waals surface area contributed by atoms with E-state index in [1.807, 2.05) is 11.3 Å². The zero-order chi connectivity index (χ0) is 16.9. The van der Waals surface area contributed by atoms with Crippen LogP contribution in [0.2, 0.25) is 0 Å². The predicted octanol–water partition coefficient (Wildman–Crippen LogP) is 3.60. The molecule has 3 aliphatic rings. The van der Waals surface area contributed by atoms with Crippen molar-refractivity contribution in [3.8, 4) is 0 Å². The number of nitrogens with zero attached hydrogens (tertiary/aromatic N) is 1. The van der Waals surface area contributed by atoms with Crippen LogP contribution in [0.5, 0.6) is 0 Å². The monoisotopic (exact) mass is 355 g/mol. The maximum Gasteiger partial charge on any atom is 0.255 e. The smallest absolute Gasteiger partial charge is 0.255 e. The molecular formula is C20H25N3OS. The van der Waals surface area contributed by atoms with Gasteiger partial charge in [0, 0.05) is 24.4 Å². The van der Waals surface area contributed by atoms with Crippen LogP contribution in [0.15, 0.2) is 16.2 Å². The first-order chi connectivity index (χ1) is 12.3. The molecule has 0 atom stereocenters. The third kappa shape index (κ3) is 2.68. The lowest BCUT2D eigenvalue weighted by atomic mass is 9.85. The summed E-state index contributed by atoms with van der Waals surface area (Å²) in [4.78, 5) is 22.0. The summed E-state index contributed by atoms with van der Waals surface area (Å²) >= 11 is 1.88. The van der Waals surface area contributed by atoms with Gasteiger partial charge in [0.15, 0.2) is 0 Å². The van der Waals surface area contributed by atoms with Crippen LogP contribution < -0.4 is 10.9 Å². The van der Waals surface area contributed by atoms with Gasteiger partial charge in [0.25, 0.3) is 5.56 Å². The largest absolute Gasteiger partial charge is 0.312 e. The van der Waals surface area contributed by atoms with Gasteiger partial charge >= 0.3 is 0 Å². The van der Waals surface area contributed by atoms with E-state index in [0.717, 1.165) is 48.8 Å². The summed E-state index contributed by atoms with van der Waals surface area (Å²) in [5.41, 5.74) is 3.40. The van der Waals surface area contributed by atoms with Crippen molar-refractivity contribution in [1.82, 2.24) is 15.3 Å². The number of hydrogen-bond donors (Lipinski definition) is 2. The van der Waals surface area contributed by atoms with Gasteiger partial charge in [-0.25, -0.2) is 4.98 Å². The molecule has 25 heavy (non-hydrogen) atoms. The highest BCUT2D eigenvalue weighted by atomic mass is 32.1. The molecule has 0 bridgehead atoms. The molecule has 2 saturated carbocycles. The number of fused-ring (bicyclic) bond motifs is 1. The minimum atomic E-state index is -0.0172. The third-order valence-corrected chi connectivity index (χ3v) is 7.47. The quantitative estimate of drug-likeness (QED) is 0.884. The summed E-state index contributed by atoms with van der Waals surface area (Å²) in [6.45, 7) is 1.57. The Balaban J connectivity index is 1.49. The fraction of sp³-hybridized carbons (Fsp3) is 0.600. The first kappa shape index (κ1) is 15.8. The molecule has 0 amide bonds. The minimum Gasteiger partial charge on any atom is -0.312 e. The molecule has 5 rings (SSSR count). The van der Waals surface area contributed by atoms with Crippen LogP contribution in [0.25, 0.3) is 0 Å². The zero-order valence-electron chi connectivity index (χ0n) is 14.6. The average molecular weight is 356 g/mol. The SMILES string of the molecule is O=c1[nH]c(C2(c3cc(C4CCCCC4)cs3)CC2)nc2c1CNCC2. The first-order valence-corrected chi connectivity index (χ1v) is 10.6. The second-order valence-electron chi connectivity index (χ2n) is 7.93. The third-order valence-electron chi connectivity index (χ3n) is 6.31. The van der Waals surface area contributed by atoms with Gasteiger partial charge in [0.1, 0.15) is 5.82 Å². The van der Waals surface area contributed by atoms with Crippen molar-refractivity contribution in [2.75, 3.05) is 6.54 Å². The maximum atomic E-state index is 12.5. The summed E-state index contributed by atoms with van der Waals surface area (Å²) in [7, 11) is 0. The van der Waals surface area contributed by atoms with Crippen molar-refractivity contribution < 1.29 is 0 Å². The van der Waals surface area contributed by atoms with E-state index in [2.05, 4.69) is 21.7 Å². The first-order valence-electron chi connectivity index (χ1n) is 9.68. The van der Waals surface area contributed by atoms with Gasteiger partial charge in [-0.1, -0.05) is 19.3 Å². The lowest BCUT2D eigenvalue weighted by Crippen LogP contribution is -2.33. The lowest BCUT2D eigenvalue weighted by Gasteiger charge is -2.21. The second kappa shape index (κ2) is 6.06. The van der Waals surface area contributed by atoms with Crippen molar-refractivity contribution >= 4 is 11.3 Å². The van der Waals surface area contributed by atoms with E-state index in [0.29, 0.717) is 6.54 Å². The van der Waals surface area contributed by atoms with E-state index in [-0.39, 0.29) is 11.0 Å². The number of aromatic nitrogens is 2. The van der Waals surface area contributed by atoms with Gasteiger partial charge in [-0.2, -0.15) is 0 Å². The molecule has 2 aromatic rings. The molecule has 0 aromatic carbocycles. The molecule has 0 spiro atoms. The Morgan fingerprint density at radius 1 is 1.20 bits per heavy atom. The van der Waals surface area contributed by atoms with Crippen LogP contribution in [0, 0.1) is 0 Å². The maximum absolute atomic E-state index is 12.5. The Bertz CT molecular complexity index is 843. The molecular weight excluding hydrogens is 330 g/mol. The summed E-state index contributed by atoms with van der Waals surface area (Å²) in [5.74, 6) is 1.66. The van der Waals surface area contributed by atoms with Gasteiger partial charge < -0.3 is 10.3 Å². The number of nitrogens with one attached hydrogen (secondary N) is 2. The molecule has 0 saturated heterocycles. The van der Waals surface area contributed by atoms with E-state index in [4.69, 9.17) is 4.98 Å². The topological polar surface area (TPSA) is 57.8 Å². The summed E-state index contributed by atoms with van der Waals surface area (Å²) in [6.07, 6.45) is 9.89. The second-order valence-corrected chi connectivity index (χ2v) is 8.84. The molecule has 2 aliphatic carbocycles. The van der Waals surface area contributed by atoms with Crippen molar-refractivity contribution in [3.63, 3.8) is 0 Å². The number of thiophene rings is 1. The summed E-state index contributed by atoms with van der Waals surface area (Å²) in [6, 6.07) is 2.43. The molecule has 3 heterocycles. The summed E-state index contributed by atoms with van der Waals surface area (Å²) in [5, 5.41) is 5.64. The molecule has 4 nitrogen and oxygen atoms in total. The van der Waals surface area contributed by atoms with Crippen LogP contribution in [0.4, 0.5) is 0 Å². The van der Waals surface area contributed by atoms with Crippen LogP contribution in [-0.2, 0) is 18.4 Å². The molecule has 2 aromatic heterocycles. The van der Waals surface area contributed by atoms with Crippen molar-refractivity contribution in [1.29, 1.82) is 0 Å². The van der Waals surface area contributed by atoms with Gasteiger partial charge in [-0.3, -0.25) is 4.79 Å². The fourth-order valence-corrected chi connectivity index (χ4v) is 5.81. The van der Waals surface area contributed by atoms with Crippen LogP contribution in [-0.4, -0.2) is 16.5 Å². The highest BCUT2D eigenvalue weighted by Crippen LogP contribution is 2.54. The van der Waals surface area contributed by atoms with Gasteiger partial charge in [0.05, 0.1) is 16.7 Å². The standard InChI is InChI=1S/C20H25N3OS/c24-18-15-11-21-9-6-16(15)22-19(23-18)20(7-8-20)17-10-14(12-25-17)13-4-2-1-3-5-13/h10,12-13,21H,1-9,11H2,(H,22,23,24). The van der Waals surface area contributed by atoms with Crippen LogP contribution in [0.1, 0.15) is 78.4 Å². The van der Waals surface area contributed by atoms with Gasteiger partial charge in [-0.15, -0.1) is 11.3 Å². The van der Waals surface area contributed by atoms with Crippen molar-refractivity contribution in [2.24, 2.45) is 0 Å². The molecule has 2 N–H and O–H groups in total. The predicted molar refractivity (Wildman–Crippen MR) is 100 cm³/mol. The van der Waals surface area contributed by atoms with Crippen LogP contribution >= 0.6 is 11.3 Å². The van der Waals surface area contributed by atoms with Gasteiger partial charge in [0.2, 0.25) is 0 Å². The number of H-pyrrole nitrogens is 1. The Morgan fingerprint density at radius 2 is 2.04 bits per heavy atom. The Morgan fingerprint density at radius 3 is 2.84 bits per heavy atom. The van der Waals surface area contributed by atoms with E-state index < -0.39 is 0 Å². The number of aromatic amines is 1. The summed E-state index contributed by atoms with van der Waals surface area (Å²) < 4.78 is 0. The average Bonchev–Trinajstić information content (AvgIpc) is 3.32. The molecule has 0 unspecified atom stereocenters. The Hall–Kier alpha value is -1.46. The van der Waals surface area contributed by atoms with Crippen LogP contribution in [0.3, 0.4) is 0 Å². The number of hydrogen-bond acceptors (Lipinski definition) is 4. The van der Waals surface area contributed by atoms with Crippen molar-refractivity contribution in [2.45, 2.75) is 69.2 Å². The highest BCUT2D eigenvalue weighted by Gasteiger charge is 2.50. The molecule has 5 heteroatoms. The minimum absolute atomic E-state index is 0.0172. The lowest BCUT2D eigenvalue weighted by molar-refractivity contribution is 0.444. The zero-order valence-corrected chi connectivity index (χ0v) is 15.4. The van der Waals surface area contributed by atoms with E-state index in [9.17, 15) is 4.79 Å². The normalized spacial score (nSPS) is 22.6. The van der Waals surface area contributed by atoms with Crippen molar-refractivity contribution in [3.05, 3.63) is 49.3 Å². The Labute approximate surface area is 152 Å². The van der Waals surface area contributed by atoms with Gasteiger partial charge in [-0.05, 0) is 48.6 Å². The molecule has 1 aliphatic heterocycles. The molecule has 2 fully saturated rings. The van der Waals surface area contributed by atoms with E-state index >= 15 is 0 Å². The van der Waals surface area contributed by atoms with E-state index in [1.54, 1.807) is 0 Å². The molecule has 132 valence electrons. The fourth-order valence-electron chi connectivity index (χ4n) is 4.56.